The van der Waals surface area contributed by atoms with Crippen LogP contribution in [0.3, 0.4) is 0 Å². The van der Waals surface area contributed by atoms with Crippen molar-refractivity contribution in [2.24, 2.45) is 5.92 Å². The summed E-state index contributed by atoms with van der Waals surface area (Å²) in [6.45, 7) is 1.19. The van der Waals surface area contributed by atoms with Crippen molar-refractivity contribution in [3.8, 4) is 0 Å². The Balaban J connectivity index is 2.11. The maximum absolute atomic E-state index is 10.8. The summed E-state index contributed by atoms with van der Waals surface area (Å²) in [5.41, 5.74) is 5.46. The van der Waals surface area contributed by atoms with Crippen molar-refractivity contribution in [2.45, 2.75) is 6.42 Å². The van der Waals surface area contributed by atoms with Crippen molar-refractivity contribution in [3.63, 3.8) is 0 Å². The van der Waals surface area contributed by atoms with E-state index in [0.717, 1.165) is 0 Å². The summed E-state index contributed by atoms with van der Waals surface area (Å²) >= 11 is 0. The molecule has 1 atom stereocenters. The molecule has 1 unspecified atom stereocenters. The van der Waals surface area contributed by atoms with Gasteiger partial charge >= 0.3 is 5.97 Å². The van der Waals surface area contributed by atoms with Crippen molar-refractivity contribution in [2.75, 3.05) is 23.7 Å². The second-order valence-electron chi connectivity index (χ2n) is 3.54. The molecule has 0 aromatic carbocycles. The van der Waals surface area contributed by atoms with Crippen molar-refractivity contribution in [1.29, 1.82) is 0 Å². The molecule has 1 fully saturated rings. The Bertz CT molecular complexity index is 382. The van der Waals surface area contributed by atoms with Crippen molar-refractivity contribution in [1.82, 2.24) is 9.97 Å². The Labute approximate surface area is 86.7 Å². The zero-order valence-electron chi connectivity index (χ0n) is 8.13. The number of carboxylic acids is 1. The Morgan fingerprint density at radius 1 is 1.67 bits per heavy atom. The second-order valence-corrected chi connectivity index (χ2v) is 3.54. The second kappa shape index (κ2) is 3.72. The standard InChI is InChI=1S/C9H12N4O2/c10-9-11-3-1-7(12-9)13-4-2-6(5-13)8(14)15/h1,3,6H,2,4-5H2,(H,14,15)(H2,10,11,12). The molecule has 3 N–H and O–H groups in total. The summed E-state index contributed by atoms with van der Waals surface area (Å²) in [7, 11) is 0. The smallest absolute Gasteiger partial charge is 0.308 e. The predicted molar refractivity (Wildman–Crippen MR) is 54.4 cm³/mol. The molecule has 6 heteroatoms. The van der Waals surface area contributed by atoms with E-state index in [-0.39, 0.29) is 11.9 Å². The third kappa shape index (κ3) is 1.98. The first-order chi connectivity index (χ1) is 7.16. The lowest BCUT2D eigenvalue weighted by molar-refractivity contribution is -0.140. The maximum Gasteiger partial charge on any atom is 0.308 e. The van der Waals surface area contributed by atoms with Crippen LogP contribution in [0.15, 0.2) is 12.3 Å². The molecule has 2 rings (SSSR count). The van der Waals surface area contributed by atoms with Gasteiger partial charge in [-0.05, 0) is 12.5 Å². The highest BCUT2D eigenvalue weighted by atomic mass is 16.4. The molecule has 1 saturated heterocycles. The monoisotopic (exact) mass is 208 g/mol. The largest absolute Gasteiger partial charge is 0.481 e. The fourth-order valence-electron chi connectivity index (χ4n) is 1.71. The molecule has 80 valence electrons. The van der Waals surface area contributed by atoms with E-state index in [1.54, 1.807) is 12.3 Å². The molecule has 1 aromatic rings. The van der Waals surface area contributed by atoms with Gasteiger partial charge in [0, 0.05) is 19.3 Å². The van der Waals surface area contributed by atoms with Crippen LogP contribution >= 0.6 is 0 Å². The molecular weight excluding hydrogens is 196 g/mol. The highest BCUT2D eigenvalue weighted by Gasteiger charge is 2.28. The van der Waals surface area contributed by atoms with Crippen LogP contribution < -0.4 is 10.6 Å². The Morgan fingerprint density at radius 2 is 2.47 bits per heavy atom. The molecule has 1 aliphatic heterocycles. The van der Waals surface area contributed by atoms with Crippen LogP contribution in [0.5, 0.6) is 0 Å². The summed E-state index contributed by atoms with van der Waals surface area (Å²) < 4.78 is 0. The van der Waals surface area contributed by atoms with E-state index >= 15 is 0 Å². The maximum atomic E-state index is 10.8. The highest BCUT2D eigenvalue weighted by Crippen LogP contribution is 2.22. The molecule has 1 aromatic heterocycles. The van der Waals surface area contributed by atoms with E-state index in [2.05, 4.69) is 9.97 Å². The van der Waals surface area contributed by atoms with Crippen LogP contribution in [-0.4, -0.2) is 34.1 Å². The quantitative estimate of drug-likeness (QED) is 0.709. The number of rotatable bonds is 2. The number of nitrogens with zero attached hydrogens (tertiary/aromatic N) is 3. The van der Waals surface area contributed by atoms with Gasteiger partial charge in [0.1, 0.15) is 5.82 Å². The van der Waals surface area contributed by atoms with Crippen molar-refractivity contribution in [3.05, 3.63) is 12.3 Å². The first-order valence-corrected chi connectivity index (χ1v) is 4.73. The molecule has 2 heterocycles. The SMILES string of the molecule is Nc1nccc(N2CCC(C(=O)O)C2)n1. The number of nitrogens with two attached hydrogens (primary N) is 1. The first-order valence-electron chi connectivity index (χ1n) is 4.73. The van der Waals surface area contributed by atoms with E-state index in [9.17, 15) is 4.79 Å². The number of aliphatic carboxylic acids is 1. The molecule has 6 nitrogen and oxygen atoms in total. The van der Waals surface area contributed by atoms with Gasteiger partial charge in [0.15, 0.2) is 0 Å². The van der Waals surface area contributed by atoms with Gasteiger partial charge in [-0.1, -0.05) is 0 Å². The van der Waals surface area contributed by atoms with E-state index in [1.165, 1.54) is 0 Å². The Hall–Kier alpha value is -1.85. The summed E-state index contributed by atoms with van der Waals surface area (Å²) in [6, 6.07) is 1.74. The molecule has 0 amide bonds. The van der Waals surface area contributed by atoms with Crippen LogP contribution in [0.2, 0.25) is 0 Å². The normalized spacial score (nSPS) is 20.5. The molecule has 0 bridgehead atoms. The van der Waals surface area contributed by atoms with Gasteiger partial charge in [0.05, 0.1) is 5.92 Å². The van der Waals surface area contributed by atoms with Crippen LogP contribution in [-0.2, 0) is 4.79 Å². The van der Waals surface area contributed by atoms with Gasteiger partial charge in [-0.3, -0.25) is 4.79 Å². The molecule has 0 spiro atoms. The van der Waals surface area contributed by atoms with Crippen LogP contribution in [0.1, 0.15) is 6.42 Å². The van der Waals surface area contributed by atoms with E-state index in [4.69, 9.17) is 10.8 Å². The lowest BCUT2D eigenvalue weighted by Gasteiger charge is -2.16. The van der Waals surface area contributed by atoms with Gasteiger partial charge in [-0.15, -0.1) is 0 Å². The molecule has 1 aliphatic rings. The number of carboxylic acid groups (broad SMARTS) is 1. The number of hydrogen-bond acceptors (Lipinski definition) is 5. The third-order valence-corrected chi connectivity index (χ3v) is 2.52. The van der Waals surface area contributed by atoms with Gasteiger partial charge in [-0.25, -0.2) is 4.98 Å². The minimum absolute atomic E-state index is 0.214. The third-order valence-electron chi connectivity index (χ3n) is 2.52. The molecule has 0 radical (unpaired) electrons. The summed E-state index contributed by atoms with van der Waals surface area (Å²) in [5, 5.41) is 8.85. The minimum atomic E-state index is -0.750. The first kappa shape index (κ1) is 9.70. The van der Waals surface area contributed by atoms with E-state index < -0.39 is 5.97 Å². The average molecular weight is 208 g/mol. The van der Waals surface area contributed by atoms with Crippen molar-refractivity contribution < 1.29 is 9.90 Å². The number of hydrogen-bond donors (Lipinski definition) is 2. The van der Waals surface area contributed by atoms with Crippen molar-refractivity contribution >= 4 is 17.7 Å². The fraction of sp³-hybridized carbons (Fsp3) is 0.444. The fourth-order valence-corrected chi connectivity index (χ4v) is 1.71. The average Bonchev–Trinajstić information content (AvgIpc) is 2.66. The summed E-state index contributed by atoms with van der Waals surface area (Å²) in [4.78, 5) is 20.5. The topological polar surface area (TPSA) is 92.3 Å². The molecule has 0 saturated carbocycles. The number of carbonyl (C=O) groups is 1. The highest BCUT2D eigenvalue weighted by molar-refractivity contribution is 5.71. The zero-order valence-corrected chi connectivity index (χ0v) is 8.13. The lowest BCUT2D eigenvalue weighted by Crippen LogP contribution is -2.23. The van der Waals surface area contributed by atoms with Crippen LogP contribution in [0.4, 0.5) is 11.8 Å². The number of aromatic nitrogens is 2. The van der Waals surface area contributed by atoms with E-state index in [1.807, 2.05) is 4.90 Å². The number of anilines is 2. The van der Waals surface area contributed by atoms with Crippen LogP contribution in [0, 0.1) is 5.92 Å². The van der Waals surface area contributed by atoms with Gasteiger partial charge in [-0.2, -0.15) is 4.98 Å². The van der Waals surface area contributed by atoms with Crippen LogP contribution in [0.25, 0.3) is 0 Å². The summed E-state index contributed by atoms with van der Waals surface area (Å²) in [6.07, 6.45) is 2.23. The summed E-state index contributed by atoms with van der Waals surface area (Å²) in [5.74, 6) is -0.141. The van der Waals surface area contributed by atoms with E-state index in [0.29, 0.717) is 25.3 Å². The van der Waals surface area contributed by atoms with Gasteiger partial charge in [0.25, 0.3) is 0 Å². The molecular formula is C9H12N4O2. The number of nitrogen functional groups attached to an aromatic ring is 1. The zero-order chi connectivity index (χ0) is 10.8. The lowest BCUT2D eigenvalue weighted by atomic mass is 10.1. The van der Waals surface area contributed by atoms with Gasteiger partial charge < -0.3 is 15.7 Å². The minimum Gasteiger partial charge on any atom is -0.481 e. The predicted octanol–water partition coefficient (Wildman–Crippen LogP) is -0.0303. The molecule has 15 heavy (non-hydrogen) atoms. The Morgan fingerprint density at radius 3 is 3.07 bits per heavy atom. The Kier molecular flexibility index (Phi) is 2.40. The van der Waals surface area contributed by atoms with Gasteiger partial charge in [0.2, 0.25) is 5.95 Å². The molecule has 0 aliphatic carbocycles.